The minimum atomic E-state index is -0.980. The Morgan fingerprint density at radius 3 is 2.30 bits per heavy atom. The van der Waals surface area contributed by atoms with Crippen molar-refractivity contribution in [2.45, 2.75) is 65.6 Å². The van der Waals surface area contributed by atoms with Crippen LogP contribution in [0, 0.1) is 0 Å². The number of rotatable bonds is 9. The summed E-state index contributed by atoms with van der Waals surface area (Å²) < 4.78 is 15.8. The van der Waals surface area contributed by atoms with Crippen LogP contribution in [-0.4, -0.2) is 24.7 Å². The summed E-state index contributed by atoms with van der Waals surface area (Å²) in [5.74, 6) is -0.484. The molecular formula is C20H28O7. The van der Waals surface area contributed by atoms with E-state index in [2.05, 4.69) is 30.2 Å². The summed E-state index contributed by atoms with van der Waals surface area (Å²) in [5, 5.41) is 0. The number of hydrogen-bond donors (Lipinski definition) is 0. The molecule has 150 valence electrons. The third-order valence-electron chi connectivity index (χ3n) is 3.65. The highest BCUT2D eigenvalue weighted by molar-refractivity contribution is 5.80. The van der Waals surface area contributed by atoms with Gasteiger partial charge in [-0.25, -0.2) is 9.59 Å². The third kappa shape index (κ3) is 7.40. The average Bonchev–Trinajstić information content (AvgIpc) is 2.58. The molecule has 0 aliphatic rings. The molecule has 0 aliphatic heterocycles. The molecule has 0 saturated heterocycles. The predicted octanol–water partition coefficient (Wildman–Crippen LogP) is 4.57. The van der Waals surface area contributed by atoms with Crippen molar-refractivity contribution in [1.29, 1.82) is 0 Å². The van der Waals surface area contributed by atoms with Crippen molar-refractivity contribution in [1.82, 2.24) is 0 Å². The van der Waals surface area contributed by atoms with E-state index in [1.54, 1.807) is 13.8 Å². The zero-order valence-corrected chi connectivity index (χ0v) is 16.7. The molecule has 0 radical (unpaired) electrons. The van der Waals surface area contributed by atoms with E-state index >= 15 is 0 Å². The van der Waals surface area contributed by atoms with E-state index in [1.165, 1.54) is 13.8 Å². The molecule has 0 bridgehead atoms. The lowest BCUT2D eigenvalue weighted by molar-refractivity contribution is -0.363. The quantitative estimate of drug-likeness (QED) is 0.204. The fourth-order valence-corrected chi connectivity index (χ4v) is 2.44. The Balaban J connectivity index is 2.62. The summed E-state index contributed by atoms with van der Waals surface area (Å²) in [5.41, 5.74) is 1.10. The molecule has 0 fully saturated rings. The van der Waals surface area contributed by atoms with Crippen LogP contribution in [0.4, 0.5) is 4.79 Å². The molecule has 0 saturated carbocycles. The van der Waals surface area contributed by atoms with Crippen LogP contribution >= 0.6 is 0 Å². The van der Waals surface area contributed by atoms with E-state index in [1.807, 2.05) is 24.3 Å². The molecule has 0 N–H and O–H groups in total. The van der Waals surface area contributed by atoms with Crippen LogP contribution in [0.2, 0.25) is 0 Å². The van der Waals surface area contributed by atoms with Gasteiger partial charge in [-0.1, -0.05) is 44.7 Å². The van der Waals surface area contributed by atoms with Gasteiger partial charge in [-0.3, -0.25) is 4.89 Å². The lowest BCUT2D eigenvalue weighted by atomic mass is 9.88. The van der Waals surface area contributed by atoms with Crippen molar-refractivity contribution >= 4 is 12.1 Å². The summed E-state index contributed by atoms with van der Waals surface area (Å²) in [7, 11) is 0. The van der Waals surface area contributed by atoms with E-state index in [0.717, 1.165) is 17.2 Å². The van der Waals surface area contributed by atoms with E-state index < -0.39 is 30.3 Å². The minimum Gasteiger partial charge on any atom is -0.423 e. The van der Waals surface area contributed by atoms with Crippen LogP contribution in [0.3, 0.4) is 0 Å². The Morgan fingerprint density at radius 1 is 1.07 bits per heavy atom. The number of benzene rings is 1. The second-order valence-corrected chi connectivity index (χ2v) is 6.70. The molecule has 0 aliphatic carbocycles. The number of carbonyl (C=O) groups is 2. The first-order chi connectivity index (χ1) is 12.6. The Labute approximate surface area is 160 Å². The van der Waals surface area contributed by atoms with Gasteiger partial charge in [0.2, 0.25) is 12.6 Å². The van der Waals surface area contributed by atoms with Crippen molar-refractivity contribution in [3.63, 3.8) is 0 Å². The number of carbonyl (C=O) groups excluding carboxylic acids is 2. The molecule has 0 heterocycles. The topological polar surface area (TPSA) is 80.3 Å². The van der Waals surface area contributed by atoms with Crippen molar-refractivity contribution in [3.8, 4) is 0 Å². The molecule has 0 amide bonds. The number of hydrogen-bond acceptors (Lipinski definition) is 7. The van der Waals surface area contributed by atoms with Crippen molar-refractivity contribution in [2.24, 2.45) is 0 Å². The fraction of sp³-hybridized carbons (Fsp3) is 0.500. The summed E-state index contributed by atoms with van der Waals surface area (Å²) in [6, 6.07) is 7.77. The second kappa shape index (κ2) is 10.1. The van der Waals surface area contributed by atoms with E-state index in [4.69, 9.17) is 14.2 Å². The highest BCUT2D eigenvalue weighted by Crippen LogP contribution is 2.32. The smallest absolute Gasteiger partial charge is 0.423 e. The minimum absolute atomic E-state index is 0.277. The Kier molecular flexibility index (Phi) is 8.46. The Bertz CT molecular complexity index is 651. The van der Waals surface area contributed by atoms with Gasteiger partial charge in [0.15, 0.2) is 0 Å². The van der Waals surface area contributed by atoms with Gasteiger partial charge in [-0.05, 0) is 44.7 Å². The molecule has 2 atom stereocenters. The molecule has 0 aromatic heterocycles. The maximum atomic E-state index is 12.2. The van der Waals surface area contributed by atoms with Crippen LogP contribution in [0.5, 0.6) is 0 Å². The summed E-state index contributed by atoms with van der Waals surface area (Å²) in [6.07, 6.45) is -1.88. The van der Waals surface area contributed by atoms with Crippen LogP contribution in [0.25, 0.3) is 0 Å². The molecule has 27 heavy (non-hydrogen) atoms. The molecule has 1 rings (SSSR count). The second-order valence-electron chi connectivity index (χ2n) is 6.70. The van der Waals surface area contributed by atoms with Gasteiger partial charge < -0.3 is 14.2 Å². The fourth-order valence-electron chi connectivity index (χ4n) is 2.44. The monoisotopic (exact) mass is 380 g/mol. The van der Waals surface area contributed by atoms with Gasteiger partial charge >= 0.3 is 12.1 Å². The first-order valence-electron chi connectivity index (χ1n) is 8.71. The lowest BCUT2D eigenvalue weighted by Crippen LogP contribution is -2.31. The van der Waals surface area contributed by atoms with Crippen molar-refractivity contribution < 1.29 is 33.6 Å². The standard InChI is InChI=1S/C20H28O7/c1-8-18(21)27-26-15(5)23-14(4)24-19(22)25-20(6,7)17-12-10-9-11-16(17)13(2)3/h8-15H,1H2,2-7H3. The maximum Gasteiger partial charge on any atom is 0.511 e. The third-order valence-corrected chi connectivity index (χ3v) is 3.65. The highest BCUT2D eigenvalue weighted by atomic mass is 17.2. The van der Waals surface area contributed by atoms with Gasteiger partial charge in [-0.15, -0.1) is 0 Å². The Hall–Kier alpha value is -2.38. The van der Waals surface area contributed by atoms with Crippen LogP contribution in [0.15, 0.2) is 36.9 Å². The van der Waals surface area contributed by atoms with Gasteiger partial charge in [0.1, 0.15) is 5.60 Å². The average molecular weight is 380 g/mol. The maximum absolute atomic E-state index is 12.2. The molecule has 7 nitrogen and oxygen atoms in total. The van der Waals surface area contributed by atoms with Gasteiger partial charge in [0.05, 0.1) is 0 Å². The molecule has 1 aromatic rings. The summed E-state index contributed by atoms with van der Waals surface area (Å²) >= 11 is 0. The summed E-state index contributed by atoms with van der Waals surface area (Å²) in [4.78, 5) is 32.1. The van der Waals surface area contributed by atoms with E-state index in [-0.39, 0.29) is 5.92 Å². The van der Waals surface area contributed by atoms with Gasteiger partial charge in [-0.2, -0.15) is 4.89 Å². The SMILES string of the molecule is C=CC(=O)OOC(C)OC(C)OC(=O)OC(C)(C)c1ccccc1C(C)C. The van der Waals surface area contributed by atoms with Gasteiger partial charge in [0, 0.05) is 6.08 Å². The van der Waals surface area contributed by atoms with Crippen LogP contribution in [0.1, 0.15) is 58.6 Å². The zero-order valence-electron chi connectivity index (χ0n) is 16.7. The molecule has 7 heteroatoms. The van der Waals surface area contributed by atoms with E-state index in [0.29, 0.717) is 0 Å². The molecular weight excluding hydrogens is 352 g/mol. The normalized spacial score (nSPS) is 13.6. The lowest BCUT2D eigenvalue weighted by Gasteiger charge is -2.29. The molecule has 0 spiro atoms. The zero-order chi connectivity index (χ0) is 20.6. The highest BCUT2D eigenvalue weighted by Gasteiger charge is 2.30. The first-order valence-corrected chi connectivity index (χ1v) is 8.71. The first kappa shape index (κ1) is 22.7. The molecule has 2 unspecified atom stereocenters. The number of ether oxygens (including phenoxy) is 3. The van der Waals surface area contributed by atoms with Crippen LogP contribution in [-0.2, 0) is 34.4 Å². The van der Waals surface area contributed by atoms with Crippen molar-refractivity contribution in [3.05, 3.63) is 48.0 Å². The predicted molar refractivity (Wildman–Crippen MR) is 98.5 cm³/mol. The summed E-state index contributed by atoms with van der Waals surface area (Å²) in [6.45, 7) is 13.9. The van der Waals surface area contributed by atoms with E-state index in [9.17, 15) is 9.59 Å². The molecule has 1 aromatic carbocycles. The Morgan fingerprint density at radius 2 is 1.70 bits per heavy atom. The van der Waals surface area contributed by atoms with Crippen molar-refractivity contribution in [2.75, 3.05) is 0 Å². The van der Waals surface area contributed by atoms with Crippen LogP contribution < -0.4 is 0 Å². The largest absolute Gasteiger partial charge is 0.511 e. The van der Waals surface area contributed by atoms with Gasteiger partial charge in [0.25, 0.3) is 0 Å².